The fraction of sp³-hybridized carbons (Fsp3) is 0.500. The van der Waals surface area contributed by atoms with Gasteiger partial charge in [-0.05, 0) is 25.0 Å². The molecule has 0 unspecified atom stereocenters. The van der Waals surface area contributed by atoms with Gasteiger partial charge >= 0.3 is 12.4 Å². The minimum absolute atomic E-state index is 0.317. The lowest BCUT2D eigenvalue weighted by Crippen LogP contribution is -2.53. The molecule has 0 fully saturated rings. The van der Waals surface area contributed by atoms with Gasteiger partial charge in [0.25, 0.3) is 5.60 Å². The van der Waals surface area contributed by atoms with Crippen molar-refractivity contribution in [3.63, 3.8) is 0 Å². The molecule has 0 saturated carbocycles. The van der Waals surface area contributed by atoms with Gasteiger partial charge in [0.05, 0.1) is 6.07 Å². The lowest BCUT2D eigenvalue weighted by molar-refractivity contribution is -0.376. The van der Waals surface area contributed by atoms with Crippen molar-refractivity contribution in [2.45, 2.75) is 37.2 Å². The van der Waals surface area contributed by atoms with Gasteiger partial charge in [-0.2, -0.15) is 31.6 Å². The summed E-state index contributed by atoms with van der Waals surface area (Å²) in [6.07, 6.45) is -10.2. The van der Waals surface area contributed by atoms with Crippen molar-refractivity contribution >= 4 is 5.69 Å². The number of nitrogens with zero attached hydrogens (tertiary/aromatic N) is 1. The van der Waals surface area contributed by atoms with Crippen LogP contribution in [0.2, 0.25) is 0 Å². The Hall–Kier alpha value is -1.95. The maximum absolute atomic E-state index is 12.7. The molecule has 1 aromatic rings. The highest BCUT2D eigenvalue weighted by Gasteiger charge is 2.71. The second-order valence-electron chi connectivity index (χ2n) is 4.83. The van der Waals surface area contributed by atoms with Crippen LogP contribution in [0.15, 0.2) is 24.3 Å². The Labute approximate surface area is 128 Å². The van der Waals surface area contributed by atoms with Crippen molar-refractivity contribution < 1.29 is 31.4 Å². The number of nitriles is 1. The summed E-state index contributed by atoms with van der Waals surface area (Å²) < 4.78 is 76.2. The van der Waals surface area contributed by atoms with Crippen molar-refractivity contribution in [2.75, 3.05) is 11.9 Å². The fourth-order valence-electron chi connectivity index (χ4n) is 1.88. The fourth-order valence-corrected chi connectivity index (χ4v) is 1.88. The van der Waals surface area contributed by atoms with E-state index in [0.29, 0.717) is 43.6 Å². The largest absolute Gasteiger partial charge is 0.430 e. The van der Waals surface area contributed by atoms with Gasteiger partial charge < -0.3 is 10.4 Å². The van der Waals surface area contributed by atoms with E-state index in [1.807, 2.05) is 6.07 Å². The van der Waals surface area contributed by atoms with Crippen molar-refractivity contribution in [3.05, 3.63) is 29.8 Å². The monoisotopic (exact) mass is 340 g/mol. The van der Waals surface area contributed by atoms with Gasteiger partial charge in [0.1, 0.15) is 0 Å². The Morgan fingerprint density at radius 2 is 1.48 bits per heavy atom. The molecule has 0 saturated heterocycles. The third-order valence-corrected chi connectivity index (χ3v) is 3.17. The Morgan fingerprint density at radius 3 is 1.91 bits per heavy atom. The zero-order chi connectivity index (χ0) is 17.7. The number of hydrogen-bond donors (Lipinski definition) is 2. The summed E-state index contributed by atoms with van der Waals surface area (Å²) in [5, 5.41) is 20.4. The Morgan fingerprint density at radius 1 is 0.957 bits per heavy atom. The van der Waals surface area contributed by atoms with Crippen molar-refractivity contribution in [2.24, 2.45) is 0 Å². The highest BCUT2D eigenvalue weighted by molar-refractivity contribution is 5.46. The minimum Gasteiger partial charge on any atom is -0.385 e. The van der Waals surface area contributed by atoms with Gasteiger partial charge in [-0.3, -0.25) is 0 Å². The summed E-state index contributed by atoms with van der Waals surface area (Å²) in [4.78, 5) is 0. The smallest absolute Gasteiger partial charge is 0.385 e. The molecule has 0 aliphatic heterocycles. The molecule has 9 heteroatoms. The average Bonchev–Trinajstić information content (AvgIpc) is 2.44. The van der Waals surface area contributed by atoms with E-state index in [-0.39, 0.29) is 0 Å². The SMILES string of the molecule is N#CCCCCNc1ccc(C(O)(C(F)(F)F)C(F)(F)F)cc1. The topological polar surface area (TPSA) is 56.0 Å². The highest BCUT2D eigenvalue weighted by Crippen LogP contribution is 2.50. The van der Waals surface area contributed by atoms with Gasteiger partial charge in [-0.1, -0.05) is 12.1 Å². The van der Waals surface area contributed by atoms with E-state index in [0.717, 1.165) is 12.1 Å². The molecule has 0 atom stereocenters. The highest BCUT2D eigenvalue weighted by atomic mass is 19.4. The van der Waals surface area contributed by atoms with E-state index in [2.05, 4.69) is 5.32 Å². The lowest BCUT2D eigenvalue weighted by atomic mass is 9.92. The molecule has 0 aliphatic carbocycles. The quantitative estimate of drug-likeness (QED) is 0.605. The molecular weight excluding hydrogens is 326 g/mol. The summed E-state index contributed by atoms with van der Waals surface area (Å²) in [6, 6.07) is 5.17. The summed E-state index contributed by atoms with van der Waals surface area (Å²) in [5.41, 5.74) is -5.89. The van der Waals surface area contributed by atoms with Gasteiger partial charge in [0, 0.05) is 24.2 Å². The Kier molecular flexibility index (Phi) is 5.88. The number of benzene rings is 1. The van der Waals surface area contributed by atoms with Crippen LogP contribution in [0, 0.1) is 11.3 Å². The summed E-state index contributed by atoms with van der Waals surface area (Å²) in [6.45, 7) is 0.420. The second kappa shape index (κ2) is 7.08. The van der Waals surface area contributed by atoms with Crippen LogP contribution in [0.4, 0.5) is 32.0 Å². The molecule has 0 spiro atoms. The van der Waals surface area contributed by atoms with Crippen LogP contribution in [-0.2, 0) is 5.60 Å². The molecule has 0 radical (unpaired) electrons. The van der Waals surface area contributed by atoms with Crippen molar-refractivity contribution in [1.82, 2.24) is 0 Å². The minimum atomic E-state index is -5.89. The third-order valence-electron chi connectivity index (χ3n) is 3.17. The van der Waals surface area contributed by atoms with Crippen LogP contribution < -0.4 is 5.32 Å². The zero-order valence-corrected chi connectivity index (χ0v) is 11.8. The van der Waals surface area contributed by atoms with Gasteiger partial charge in [0.2, 0.25) is 0 Å². The predicted octanol–water partition coefficient (Wildman–Crippen LogP) is 4.10. The van der Waals surface area contributed by atoms with Gasteiger partial charge in [0.15, 0.2) is 0 Å². The number of hydrogen-bond acceptors (Lipinski definition) is 3. The average molecular weight is 340 g/mol. The number of nitrogens with one attached hydrogen (secondary N) is 1. The van der Waals surface area contributed by atoms with Crippen LogP contribution in [0.25, 0.3) is 0 Å². The van der Waals surface area contributed by atoms with E-state index >= 15 is 0 Å². The molecule has 23 heavy (non-hydrogen) atoms. The first-order chi connectivity index (χ1) is 10.5. The Balaban J connectivity index is 2.87. The number of halogens is 6. The van der Waals surface area contributed by atoms with Gasteiger partial charge in [-0.15, -0.1) is 0 Å². The lowest BCUT2D eigenvalue weighted by Gasteiger charge is -2.32. The molecule has 3 nitrogen and oxygen atoms in total. The van der Waals surface area contributed by atoms with Crippen LogP contribution in [0.1, 0.15) is 24.8 Å². The number of unbranched alkanes of at least 4 members (excludes halogenated alkanes) is 2. The molecule has 1 rings (SSSR count). The summed E-state index contributed by atoms with van der Waals surface area (Å²) >= 11 is 0. The number of rotatable bonds is 6. The molecule has 1 aromatic carbocycles. The maximum Gasteiger partial charge on any atom is 0.430 e. The summed E-state index contributed by atoms with van der Waals surface area (Å²) in [5.74, 6) is 0. The molecule has 0 aliphatic rings. The van der Waals surface area contributed by atoms with Crippen molar-refractivity contribution in [3.8, 4) is 6.07 Å². The van der Waals surface area contributed by atoms with Crippen LogP contribution in [-0.4, -0.2) is 24.0 Å². The first-order valence-corrected chi connectivity index (χ1v) is 6.61. The number of aliphatic hydroxyl groups is 1. The van der Waals surface area contributed by atoms with E-state index < -0.39 is 23.5 Å². The third kappa shape index (κ3) is 4.28. The standard InChI is InChI=1S/C14H14F6N2O/c15-13(16,17)12(23,14(18,19)20)10-4-6-11(7-5-10)22-9-3-1-2-8-21/h4-7,22-23H,1-3,9H2. The molecule has 0 aromatic heterocycles. The Bertz CT molecular complexity index is 530. The molecule has 128 valence electrons. The molecule has 0 bridgehead atoms. The van der Waals surface area contributed by atoms with E-state index in [4.69, 9.17) is 5.26 Å². The second-order valence-corrected chi connectivity index (χ2v) is 4.83. The molecule has 2 N–H and O–H groups in total. The van der Waals surface area contributed by atoms with Crippen LogP contribution in [0.5, 0.6) is 0 Å². The predicted molar refractivity (Wildman–Crippen MR) is 70.4 cm³/mol. The van der Waals surface area contributed by atoms with Crippen LogP contribution in [0.3, 0.4) is 0 Å². The van der Waals surface area contributed by atoms with E-state index in [1.165, 1.54) is 0 Å². The van der Waals surface area contributed by atoms with Gasteiger partial charge in [-0.25, -0.2) is 0 Å². The molecule has 0 heterocycles. The summed E-state index contributed by atoms with van der Waals surface area (Å²) in [7, 11) is 0. The van der Waals surface area contributed by atoms with Crippen LogP contribution >= 0.6 is 0 Å². The van der Waals surface area contributed by atoms with Crippen molar-refractivity contribution in [1.29, 1.82) is 5.26 Å². The normalized spacial score (nSPS) is 12.8. The first-order valence-electron chi connectivity index (χ1n) is 6.61. The maximum atomic E-state index is 12.7. The molecular formula is C14H14F6N2O. The number of anilines is 1. The van der Waals surface area contributed by atoms with E-state index in [9.17, 15) is 31.4 Å². The zero-order valence-electron chi connectivity index (χ0n) is 11.8. The van der Waals surface area contributed by atoms with E-state index in [1.54, 1.807) is 0 Å². The molecule has 0 amide bonds. The first kappa shape index (κ1) is 19.1. The number of alkyl halides is 6.